The van der Waals surface area contributed by atoms with Crippen LogP contribution >= 0.6 is 15.9 Å². The molecule has 0 amide bonds. The molecule has 1 fully saturated rings. The molecule has 0 aliphatic heterocycles. The molecule has 0 heterocycles. The van der Waals surface area contributed by atoms with Gasteiger partial charge >= 0.3 is 0 Å². The number of benzene rings is 1. The number of methoxy groups -OCH3 is 1. The Morgan fingerprint density at radius 1 is 1.24 bits per heavy atom. The Morgan fingerprint density at radius 3 is 2.43 bits per heavy atom. The third-order valence-electron chi connectivity index (χ3n) is 4.45. The molecule has 21 heavy (non-hydrogen) atoms. The molecule has 0 radical (unpaired) electrons. The minimum atomic E-state index is 0.191. The molecule has 3 heteroatoms. The van der Waals surface area contributed by atoms with Crippen molar-refractivity contribution in [2.45, 2.75) is 58.4 Å². The molecule has 0 atom stereocenters. The van der Waals surface area contributed by atoms with Gasteiger partial charge in [-0.2, -0.15) is 0 Å². The van der Waals surface area contributed by atoms with Gasteiger partial charge < -0.3 is 10.1 Å². The van der Waals surface area contributed by atoms with Crippen LogP contribution in [0.2, 0.25) is 0 Å². The molecule has 0 bridgehead atoms. The highest BCUT2D eigenvalue weighted by atomic mass is 79.9. The van der Waals surface area contributed by atoms with Crippen LogP contribution in [-0.4, -0.2) is 19.2 Å². The van der Waals surface area contributed by atoms with Crippen LogP contribution in [-0.2, 0) is 6.42 Å². The van der Waals surface area contributed by atoms with E-state index in [1.165, 1.54) is 31.2 Å². The van der Waals surface area contributed by atoms with E-state index in [9.17, 15) is 0 Å². The summed E-state index contributed by atoms with van der Waals surface area (Å²) in [7, 11) is 1.71. The van der Waals surface area contributed by atoms with E-state index in [2.05, 4.69) is 60.2 Å². The molecule has 1 aromatic rings. The number of hydrogen-bond donors (Lipinski definition) is 1. The van der Waals surface area contributed by atoms with Crippen molar-refractivity contribution in [3.05, 3.63) is 28.2 Å². The van der Waals surface area contributed by atoms with Crippen molar-refractivity contribution in [2.75, 3.05) is 13.7 Å². The molecule has 1 saturated carbocycles. The molecule has 118 valence electrons. The third kappa shape index (κ3) is 4.72. The van der Waals surface area contributed by atoms with Crippen LogP contribution in [0.4, 0.5) is 0 Å². The maximum Gasteiger partial charge on any atom is 0.133 e. The Morgan fingerprint density at radius 2 is 1.90 bits per heavy atom. The number of hydrogen-bond acceptors (Lipinski definition) is 2. The third-order valence-corrected chi connectivity index (χ3v) is 5.07. The van der Waals surface area contributed by atoms with Crippen LogP contribution in [0.25, 0.3) is 0 Å². The molecule has 1 aromatic carbocycles. The summed E-state index contributed by atoms with van der Waals surface area (Å²) in [4.78, 5) is 0. The average molecular weight is 354 g/mol. The summed E-state index contributed by atoms with van der Waals surface area (Å²) in [5.74, 6) is 0.909. The Kier molecular flexibility index (Phi) is 5.37. The second-order valence-corrected chi connectivity index (χ2v) is 8.31. The first kappa shape index (κ1) is 16.8. The fraction of sp³-hybridized carbons (Fsp3) is 0.667. The lowest BCUT2D eigenvalue weighted by atomic mass is 9.79. The molecule has 0 saturated heterocycles. The average Bonchev–Trinajstić information content (AvgIpc) is 2.85. The van der Waals surface area contributed by atoms with Gasteiger partial charge in [0.05, 0.1) is 11.6 Å². The van der Waals surface area contributed by atoms with Crippen molar-refractivity contribution >= 4 is 15.9 Å². The first-order chi connectivity index (χ1) is 9.84. The van der Waals surface area contributed by atoms with E-state index < -0.39 is 0 Å². The minimum Gasteiger partial charge on any atom is -0.496 e. The SMILES string of the molecule is COc1ccc(CC2(CNC(C)(C)C)CCCC2)cc1Br. The summed E-state index contributed by atoms with van der Waals surface area (Å²) >= 11 is 3.60. The quantitative estimate of drug-likeness (QED) is 0.808. The lowest BCUT2D eigenvalue weighted by molar-refractivity contribution is 0.244. The maximum atomic E-state index is 5.33. The molecular weight excluding hydrogens is 326 g/mol. The number of ether oxygens (including phenoxy) is 1. The molecule has 1 N–H and O–H groups in total. The van der Waals surface area contributed by atoms with Crippen molar-refractivity contribution in [3.63, 3.8) is 0 Å². The second-order valence-electron chi connectivity index (χ2n) is 7.46. The van der Waals surface area contributed by atoms with Gasteiger partial charge in [-0.3, -0.25) is 0 Å². The highest BCUT2D eigenvalue weighted by molar-refractivity contribution is 9.10. The highest BCUT2D eigenvalue weighted by Crippen LogP contribution is 2.41. The highest BCUT2D eigenvalue weighted by Gasteiger charge is 2.34. The zero-order valence-corrected chi connectivity index (χ0v) is 15.3. The molecule has 0 aromatic heterocycles. The van der Waals surface area contributed by atoms with Gasteiger partial charge in [-0.1, -0.05) is 18.9 Å². The lowest BCUT2D eigenvalue weighted by Crippen LogP contribution is -2.43. The summed E-state index contributed by atoms with van der Waals surface area (Å²) in [6.45, 7) is 7.86. The van der Waals surface area contributed by atoms with Crippen LogP contribution < -0.4 is 10.1 Å². The minimum absolute atomic E-state index is 0.191. The zero-order valence-electron chi connectivity index (χ0n) is 13.8. The standard InChI is InChI=1S/C18H28BrNO/c1-17(2,3)20-13-18(9-5-6-10-18)12-14-7-8-16(21-4)15(19)11-14/h7-8,11,20H,5-6,9-10,12-13H2,1-4H3. The molecular formula is C18H28BrNO. The predicted octanol–water partition coefficient (Wildman–Crippen LogP) is 4.95. The normalized spacial score (nSPS) is 18.0. The van der Waals surface area contributed by atoms with Gasteiger partial charge in [-0.15, -0.1) is 0 Å². The topological polar surface area (TPSA) is 21.3 Å². The van der Waals surface area contributed by atoms with Crippen LogP contribution in [0.5, 0.6) is 5.75 Å². The monoisotopic (exact) mass is 353 g/mol. The maximum absolute atomic E-state index is 5.33. The summed E-state index contributed by atoms with van der Waals surface area (Å²) in [5, 5.41) is 3.73. The molecule has 1 aliphatic rings. The van der Waals surface area contributed by atoms with Crippen molar-refractivity contribution in [3.8, 4) is 5.75 Å². The van der Waals surface area contributed by atoms with Gasteiger partial charge in [0.1, 0.15) is 5.75 Å². The molecule has 2 rings (SSSR count). The van der Waals surface area contributed by atoms with E-state index in [0.717, 1.165) is 23.2 Å². The Hall–Kier alpha value is -0.540. The number of nitrogens with one attached hydrogen (secondary N) is 1. The van der Waals surface area contributed by atoms with E-state index in [1.54, 1.807) is 7.11 Å². The van der Waals surface area contributed by atoms with E-state index in [-0.39, 0.29) is 5.54 Å². The summed E-state index contributed by atoms with van der Waals surface area (Å²) in [6.07, 6.45) is 6.55. The van der Waals surface area contributed by atoms with E-state index in [1.807, 2.05) is 0 Å². The zero-order chi connectivity index (χ0) is 15.5. The molecule has 0 spiro atoms. The van der Waals surface area contributed by atoms with Crippen LogP contribution in [0, 0.1) is 5.41 Å². The first-order valence-electron chi connectivity index (χ1n) is 7.91. The molecule has 1 aliphatic carbocycles. The largest absolute Gasteiger partial charge is 0.496 e. The first-order valence-corrected chi connectivity index (χ1v) is 8.70. The molecule has 2 nitrogen and oxygen atoms in total. The Balaban J connectivity index is 2.10. The second kappa shape index (κ2) is 6.70. The predicted molar refractivity (Wildman–Crippen MR) is 93.1 cm³/mol. The number of halogens is 1. The Bertz CT molecular complexity index is 473. The summed E-state index contributed by atoms with van der Waals surface area (Å²) < 4.78 is 6.38. The number of rotatable bonds is 5. The van der Waals surface area contributed by atoms with Gasteiger partial charge in [0, 0.05) is 12.1 Å². The van der Waals surface area contributed by atoms with Gasteiger partial charge in [0.25, 0.3) is 0 Å². The fourth-order valence-corrected chi connectivity index (χ4v) is 3.83. The fourth-order valence-electron chi connectivity index (χ4n) is 3.25. The smallest absolute Gasteiger partial charge is 0.133 e. The molecule has 0 unspecified atom stereocenters. The summed E-state index contributed by atoms with van der Waals surface area (Å²) in [5.41, 5.74) is 2.01. The van der Waals surface area contributed by atoms with Gasteiger partial charge in [-0.25, -0.2) is 0 Å². The van der Waals surface area contributed by atoms with Gasteiger partial charge in [-0.05, 0) is 79.1 Å². The van der Waals surface area contributed by atoms with E-state index >= 15 is 0 Å². The van der Waals surface area contributed by atoms with Crippen molar-refractivity contribution in [1.29, 1.82) is 0 Å². The van der Waals surface area contributed by atoms with Crippen molar-refractivity contribution in [2.24, 2.45) is 5.41 Å². The Labute approximate surface area is 137 Å². The van der Waals surface area contributed by atoms with E-state index in [4.69, 9.17) is 4.74 Å². The van der Waals surface area contributed by atoms with Crippen LogP contribution in [0.1, 0.15) is 52.0 Å². The van der Waals surface area contributed by atoms with E-state index in [0.29, 0.717) is 5.41 Å². The van der Waals surface area contributed by atoms with Gasteiger partial charge in [0.15, 0.2) is 0 Å². The lowest BCUT2D eigenvalue weighted by Gasteiger charge is -2.34. The van der Waals surface area contributed by atoms with Gasteiger partial charge in [0.2, 0.25) is 0 Å². The van der Waals surface area contributed by atoms with Crippen molar-refractivity contribution < 1.29 is 4.74 Å². The van der Waals surface area contributed by atoms with Crippen molar-refractivity contribution in [1.82, 2.24) is 5.32 Å². The van der Waals surface area contributed by atoms with Crippen LogP contribution in [0.3, 0.4) is 0 Å². The summed E-state index contributed by atoms with van der Waals surface area (Å²) in [6, 6.07) is 6.50. The van der Waals surface area contributed by atoms with Crippen LogP contribution in [0.15, 0.2) is 22.7 Å².